The Morgan fingerprint density at radius 3 is 2.23 bits per heavy atom. The Balaban J connectivity index is 1.35. The first-order chi connectivity index (χ1) is 17.4. The average Bonchev–Trinajstić information content (AvgIpc) is 3.47. The van der Waals surface area contributed by atoms with Crippen molar-refractivity contribution in [2.75, 3.05) is 6.54 Å². The summed E-state index contributed by atoms with van der Waals surface area (Å²) in [6.07, 6.45) is 32.3. The van der Waals surface area contributed by atoms with Gasteiger partial charge in [-0.2, -0.15) is 0 Å². The van der Waals surface area contributed by atoms with Gasteiger partial charge in [-0.1, -0.05) is 84.5 Å². The smallest absolute Gasteiger partial charge is 0.0242 e. The van der Waals surface area contributed by atoms with Gasteiger partial charge in [0.1, 0.15) is 0 Å². The van der Waals surface area contributed by atoms with Crippen LogP contribution in [0.3, 0.4) is 0 Å². The van der Waals surface area contributed by atoms with Gasteiger partial charge < -0.3 is 5.32 Å². The van der Waals surface area contributed by atoms with E-state index in [-0.39, 0.29) is 0 Å². The zero-order chi connectivity index (χ0) is 23.2. The molecule has 5 aliphatic rings. The summed E-state index contributed by atoms with van der Waals surface area (Å²) in [6, 6.07) is 9.38. The monoisotopic (exact) mass is 457 g/mol. The third-order valence-electron chi connectivity index (χ3n) is 9.11. The van der Waals surface area contributed by atoms with Gasteiger partial charge in [-0.05, 0) is 101 Å². The Bertz CT molecular complexity index is 1440. The van der Waals surface area contributed by atoms with Crippen molar-refractivity contribution in [3.05, 3.63) is 106 Å². The predicted molar refractivity (Wildman–Crippen MR) is 148 cm³/mol. The fourth-order valence-electron chi connectivity index (χ4n) is 7.41. The molecule has 0 amide bonds. The van der Waals surface area contributed by atoms with Crippen LogP contribution in [0.4, 0.5) is 0 Å². The van der Waals surface area contributed by atoms with Gasteiger partial charge in [0.2, 0.25) is 0 Å². The average molecular weight is 458 g/mol. The summed E-state index contributed by atoms with van der Waals surface area (Å²) in [6.45, 7) is 1.08. The molecule has 7 rings (SSSR count). The van der Waals surface area contributed by atoms with Crippen LogP contribution >= 0.6 is 0 Å². The number of allylic oxidation sites excluding steroid dienone is 7. The Morgan fingerprint density at radius 2 is 1.51 bits per heavy atom. The maximum atomic E-state index is 3.39. The SMILES string of the molecule is C1=CC2=CCC(c3c4c(c(C5CC=C(C6C=CNC6)CC5)c5ccccc35)=CCCC=4)CC2C=C1. The van der Waals surface area contributed by atoms with Crippen molar-refractivity contribution < 1.29 is 0 Å². The van der Waals surface area contributed by atoms with Gasteiger partial charge in [-0.3, -0.25) is 0 Å². The lowest BCUT2D eigenvalue weighted by molar-refractivity contribution is 0.530. The van der Waals surface area contributed by atoms with Gasteiger partial charge >= 0.3 is 0 Å². The van der Waals surface area contributed by atoms with Crippen LogP contribution in [-0.2, 0) is 0 Å². The molecule has 1 N–H and O–H groups in total. The van der Waals surface area contributed by atoms with Crippen LogP contribution in [0, 0.1) is 11.8 Å². The minimum Gasteiger partial charge on any atom is -0.390 e. The zero-order valence-corrected chi connectivity index (χ0v) is 20.5. The van der Waals surface area contributed by atoms with Gasteiger partial charge in [0.15, 0.2) is 0 Å². The lowest BCUT2D eigenvalue weighted by atomic mass is 9.72. The fourth-order valence-corrected chi connectivity index (χ4v) is 7.41. The largest absolute Gasteiger partial charge is 0.390 e. The van der Waals surface area contributed by atoms with E-state index < -0.39 is 0 Å². The van der Waals surface area contributed by atoms with E-state index in [1.165, 1.54) is 54.9 Å². The fraction of sp³-hybridized carbons (Fsp3) is 0.353. The van der Waals surface area contributed by atoms with Crippen LogP contribution in [0.1, 0.15) is 67.9 Å². The quantitative estimate of drug-likeness (QED) is 0.508. The molecule has 1 aliphatic heterocycles. The number of hydrogen-bond acceptors (Lipinski definition) is 1. The molecule has 4 unspecified atom stereocenters. The molecule has 0 radical (unpaired) electrons. The molecule has 2 aromatic carbocycles. The Hall–Kier alpha value is -3.06. The molecule has 1 heterocycles. The van der Waals surface area contributed by atoms with E-state index in [0.29, 0.717) is 23.7 Å². The van der Waals surface area contributed by atoms with Crippen LogP contribution in [0.5, 0.6) is 0 Å². The van der Waals surface area contributed by atoms with E-state index in [1.807, 2.05) is 0 Å². The second-order valence-corrected chi connectivity index (χ2v) is 11.0. The minimum absolute atomic E-state index is 0.571. The molecule has 1 heteroatoms. The molecule has 4 aliphatic carbocycles. The van der Waals surface area contributed by atoms with Crippen molar-refractivity contribution in [3.8, 4) is 0 Å². The normalized spacial score (nSPS) is 28.9. The topological polar surface area (TPSA) is 12.0 Å². The molecular weight excluding hydrogens is 422 g/mol. The Labute approximate surface area is 209 Å². The van der Waals surface area contributed by atoms with E-state index in [0.717, 1.165) is 13.0 Å². The van der Waals surface area contributed by atoms with Crippen LogP contribution in [0.15, 0.2) is 84.1 Å². The molecule has 0 saturated heterocycles. The summed E-state index contributed by atoms with van der Waals surface area (Å²) < 4.78 is 0. The molecular formula is C34H35N. The Morgan fingerprint density at radius 1 is 0.743 bits per heavy atom. The molecule has 2 aromatic rings. The van der Waals surface area contributed by atoms with Crippen LogP contribution < -0.4 is 15.8 Å². The van der Waals surface area contributed by atoms with Gasteiger partial charge in [-0.15, -0.1) is 0 Å². The lowest BCUT2D eigenvalue weighted by Gasteiger charge is -2.32. The van der Waals surface area contributed by atoms with Crippen molar-refractivity contribution in [3.63, 3.8) is 0 Å². The van der Waals surface area contributed by atoms with Crippen molar-refractivity contribution in [1.29, 1.82) is 0 Å². The lowest BCUT2D eigenvalue weighted by Crippen LogP contribution is -2.37. The summed E-state index contributed by atoms with van der Waals surface area (Å²) in [5, 5.41) is 9.57. The maximum absolute atomic E-state index is 3.39. The van der Waals surface area contributed by atoms with Gasteiger partial charge in [0.05, 0.1) is 0 Å². The van der Waals surface area contributed by atoms with Gasteiger partial charge in [0, 0.05) is 18.4 Å². The van der Waals surface area contributed by atoms with E-state index in [1.54, 1.807) is 27.1 Å². The number of hydrogen-bond donors (Lipinski definition) is 1. The Kier molecular flexibility index (Phi) is 5.38. The van der Waals surface area contributed by atoms with Gasteiger partial charge in [0.25, 0.3) is 0 Å². The summed E-state index contributed by atoms with van der Waals surface area (Å²) >= 11 is 0. The number of benzene rings is 2. The molecule has 0 aromatic heterocycles. The highest BCUT2D eigenvalue weighted by molar-refractivity contribution is 5.91. The van der Waals surface area contributed by atoms with Crippen LogP contribution in [-0.4, -0.2) is 6.54 Å². The first-order valence-corrected chi connectivity index (χ1v) is 13.8. The van der Waals surface area contributed by atoms with Crippen LogP contribution in [0.25, 0.3) is 22.9 Å². The molecule has 4 atom stereocenters. The third kappa shape index (κ3) is 3.68. The van der Waals surface area contributed by atoms with E-state index in [4.69, 9.17) is 0 Å². The summed E-state index contributed by atoms with van der Waals surface area (Å²) in [5.41, 5.74) is 6.43. The van der Waals surface area contributed by atoms with E-state index >= 15 is 0 Å². The van der Waals surface area contributed by atoms with Crippen molar-refractivity contribution in [1.82, 2.24) is 5.32 Å². The first kappa shape index (κ1) is 21.2. The summed E-state index contributed by atoms with van der Waals surface area (Å²) in [5.74, 6) is 2.39. The number of nitrogens with one attached hydrogen (secondary N) is 1. The highest BCUT2D eigenvalue weighted by atomic mass is 14.9. The van der Waals surface area contributed by atoms with Gasteiger partial charge in [-0.25, -0.2) is 0 Å². The molecule has 0 saturated carbocycles. The molecule has 0 fully saturated rings. The highest BCUT2D eigenvalue weighted by Gasteiger charge is 2.29. The predicted octanol–water partition coefficient (Wildman–Crippen LogP) is 6.67. The molecule has 35 heavy (non-hydrogen) atoms. The molecule has 176 valence electrons. The zero-order valence-electron chi connectivity index (χ0n) is 20.5. The third-order valence-corrected chi connectivity index (χ3v) is 9.11. The second-order valence-electron chi connectivity index (χ2n) is 11.0. The van der Waals surface area contributed by atoms with Crippen molar-refractivity contribution >= 4 is 22.9 Å². The standard InChI is InChI=1S/C34H35N/c1-2-8-26-21-27(18-15-23(26)7-1)34-31-11-5-3-9-29(31)33(30-10-4-6-12-32(30)34)25-16-13-24(14-17-25)28-19-20-35-22-28/h1-3,5,7-13,15,19-20,25-28,35H,4,6,14,16-18,21-22H2. The summed E-state index contributed by atoms with van der Waals surface area (Å²) in [7, 11) is 0. The van der Waals surface area contributed by atoms with Crippen LogP contribution in [0.2, 0.25) is 0 Å². The molecule has 0 bridgehead atoms. The first-order valence-electron chi connectivity index (χ1n) is 13.8. The maximum Gasteiger partial charge on any atom is 0.0242 e. The van der Waals surface area contributed by atoms with Crippen molar-refractivity contribution in [2.24, 2.45) is 11.8 Å². The second kappa shape index (κ2) is 8.86. The van der Waals surface area contributed by atoms with Crippen molar-refractivity contribution in [2.45, 2.75) is 56.8 Å². The summed E-state index contributed by atoms with van der Waals surface area (Å²) in [4.78, 5) is 0. The highest BCUT2D eigenvalue weighted by Crippen LogP contribution is 2.42. The number of fused-ring (bicyclic) bond motifs is 3. The van der Waals surface area contributed by atoms with E-state index in [2.05, 4.69) is 90.5 Å². The molecule has 1 nitrogen and oxygen atoms in total. The molecule has 0 spiro atoms. The minimum atomic E-state index is 0.571. The number of rotatable bonds is 3. The van der Waals surface area contributed by atoms with E-state index in [9.17, 15) is 0 Å².